The van der Waals surface area contributed by atoms with E-state index >= 15 is 0 Å². The summed E-state index contributed by atoms with van der Waals surface area (Å²) in [5.41, 5.74) is -1.92. The summed E-state index contributed by atoms with van der Waals surface area (Å²) in [6.45, 7) is 1.42. The predicted octanol–water partition coefficient (Wildman–Crippen LogP) is 3.19. The number of phenols is 2. The Morgan fingerprint density at radius 3 is 2.39 bits per heavy atom. The van der Waals surface area contributed by atoms with Gasteiger partial charge in [0.2, 0.25) is 5.75 Å². The molecular weight excluding hydrogens is 383 g/mol. The number of pyridine rings is 1. The molecule has 2 aromatic heterocycles. The van der Waals surface area contributed by atoms with Crippen LogP contribution in [0.5, 0.6) is 11.5 Å². The first kappa shape index (κ1) is 19.1. The molecule has 2 heterocycles. The Kier molecular flexibility index (Phi) is 4.41. The number of hydrogen-bond acceptors (Lipinski definition) is 7. The number of halogens is 3. The molecule has 0 saturated carbocycles. The molecule has 0 unspecified atom stereocenters. The van der Waals surface area contributed by atoms with Gasteiger partial charge in [-0.25, -0.2) is 0 Å². The van der Waals surface area contributed by atoms with E-state index in [9.17, 15) is 33.5 Å². The van der Waals surface area contributed by atoms with Crippen LogP contribution in [0.1, 0.15) is 11.3 Å². The lowest BCUT2D eigenvalue weighted by Crippen LogP contribution is -2.10. The van der Waals surface area contributed by atoms with Crippen LogP contribution in [0.3, 0.4) is 0 Å². The van der Waals surface area contributed by atoms with E-state index in [0.717, 1.165) is 24.4 Å². The zero-order valence-corrected chi connectivity index (χ0v) is 14.4. The molecule has 1 aromatic carbocycles. The van der Waals surface area contributed by atoms with Crippen LogP contribution < -0.4 is 0 Å². The van der Waals surface area contributed by atoms with Gasteiger partial charge in [0.05, 0.1) is 10.5 Å². The number of nitro groups is 1. The van der Waals surface area contributed by atoms with Crippen molar-refractivity contribution in [2.24, 2.45) is 7.05 Å². The summed E-state index contributed by atoms with van der Waals surface area (Å²) >= 11 is 0. The zero-order valence-electron chi connectivity index (χ0n) is 14.4. The number of aromatic hydroxyl groups is 2. The first-order valence-corrected chi connectivity index (χ1v) is 7.65. The highest BCUT2D eigenvalue weighted by Crippen LogP contribution is 2.40. The molecule has 0 aliphatic heterocycles. The third kappa shape index (κ3) is 3.19. The van der Waals surface area contributed by atoms with E-state index in [2.05, 4.69) is 15.2 Å². The van der Waals surface area contributed by atoms with Gasteiger partial charge in [0.1, 0.15) is 0 Å². The Bertz CT molecular complexity index is 1090. The molecule has 0 atom stereocenters. The Morgan fingerprint density at radius 1 is 1.14 bits per heavy atom. The minimum Gasteiger partial charge on any atom is -0.504 e. The van der Waals surface area contributed by atoms with E-state index in [-0.39, 0.29) is 28.5 Å². The van der Waals surface area contributed by atoms with Gasteiger partial charge >= 0.3 is 11.9 Å². The van der Waals surface area contributed by atoms with Gasteiger partial charge in [0.15, 0.2) is 17.4 Å². The lowest BCUT2D eigenvalue weighted by Gasteiger charge is -2.13. The normalized spacial score (nSPS) is 11.6. The SMILES string of the molecule is Cc1cc(C(F)(F)F)c(-c2nnc(-c3cc(O)c(O)c([N+](=O)[O-])c3)n2C)cn1. The standard InChI is InChI=1S/C16H12F3N5O4/c1-7-3-10(16(17,18)19)9(6-20-7)15-22-21-14(23(15)2)8-4-11(24(27)28)13(26)12(25)5-8/h3-6,25-26H,1-2H3. The second kappa shape index (κ2) is 6.48. The van der Waals surface area contributed by atoms with Gasteiger partial charge in [0.25, 0.3) is 0 Å². The third-order valence-corrected chi connectivity index (χ3v) is 3.99. The molecule has 9 nitrogen and oxygen atoms in total. The quantitative estimate of drug-likeness (QED) is 0.396. The average Bonchev–Trinajstić information content (AvgIpc) is 2.97. The second-order valence-electron chi connectivity index (χ2n) is 5.90. The summed E-state index contributed by atoms with van der Waals surface area (Å²) in [4.78, 5) is 14.0. The van der Waals surface area contributed by atoms with Gasteiger partial charge in [-0.15, -0.1) is 10.2 Å². The van der Waals surface area contributed by atoms with Crippen LogP contribution in [0.4, 0.5) is 18.9 Å². The van der Waals surface area contributed by atoms with E-state index in [1.165, 1.54) is 18.5 Å². The number of phenolic OH excluding ortho intramolecular Hbond substituents is 2. The topological polar surface area (TPSA) is 127 Å². The highest BCUT2D eigenvalue weighted by molar-refractivity contribution is 5.71. The maximum atomic E-state index is 13.4. The first-order valence-electron chi connectivity index (χ1n) is 7.65. The molecule has 2 N–H and O–H groups in total. The number of aromatic nitrogens is 4. The average molecular weight is 395 g/mol. The highest BCUT2D eigenvalue weighted by atomic mass is 19.4. The molecular formula is C16H12F3N5O4. The number of alkyl halides is 3. The fraction of sp³-hybridized carbons (Fsp3) is 0.188. The van der Waals surface area contributed by atoms with Crippen molar-refractivity contribution in [3.05, 3.63) is 45.8 Å². The zero-order chi connectivity index (χ0) is 20.8. The number of aryl methyl sites for hydroxylation is 1. The van der Waals surface area contributed by atoms with Crippen molar-refractivity contribution in [3.63, 3.8) is 0 Å². The number of nitrogens with zero attached hydrogens (tertiary/aromatic N) is 5. The Labute approximate surface area is 154 Å². The van der Waals surface area contributed by atoms with Crippen LogP contribution in [0.25, 0.3) is 22.8 Å². The molecule has 0 aliphatic rings. The van der Waals surface area contributed by atoms with E-state index < -0.39 is 33.8 Å². The maximum Gasteiger partial charge on any atom is 0.417 e. The summed E-state index contributed by atoms with van der Waals surface area (Å²) < 4.78 is 41.4. The van der Waals surface area contributed by atoms with Gasteiger partial charge < -0.3 is 14.8 Å². The van der Waals surface area contributed by atoms with Crippen molar-refractivity contribution in [2.45, 2.75) is 13.1 Å². The lowest BCUT2D eigenvalue weighted by molar-refractivity contribution is -0.385. The highest BCUT2D eigenvalue weighted by Gasteiger charge is 2.35. The maximum absolute atomic E-state index is 13.4. The van der Waals surface area contributed by atoms with E-state index in [0.29, 0.717) is 0 Å². The molecule has 12 heteroatoms. The Balaban J connectivity index is 2.19. The minimum atomic E-state index is -4.66. The molecule has 0 bridgehead atoms. The monoisotopic (exact) mass is 395 g/mol. The third-order valence-electron chi connectivity index (χ3n) is 3.99. The summed E-state index contributed by atoms with van der Waals surface area (Å²) in [7, 11) is 1.36. The predicted molar refractivity (Wildman–Crippen MR) is 89.4 cm³/mol. The lowest BCUT2D eigenvalue weighted by atomic mass is 10.1. The molecule has 3 rings (SSSR count). The van der Waals surface area contributed by atoms with Gasteiger partial charge in [-0.2, -0.15) is 13.2 Å². The smallest absolute Gasteiger partial charge is 0.417 e. The van der Waals surface area contributed by atoms with Gasteiger partial charge in [-0.1, -0.05) is 0 Å². The fourth-order valence-electron chi connectivity index (χ4n) is 2.66. The van der Waals surface area contributed by atoms with Crippen molar-refractivity contribution in [3.8, 4) is 34.3 Å². The minimum absolute atomic E-state index is 0.0168. The number of benzene rings is 1. The molecule has 0 spiro atoms. The van der Waals surface area contributed by atoms with Crippen LogP contribution in [0.15, 0.2) is 24.4 Å². The second-order valence-corrected chi connectivity index (χ2v) is 5.90. The van der Waals surface area contributed by atoms with Crippen molar-refractivity contribution in [2.75, 3.05) is 0 Å². The number of rotatable bonds is 3. The number of nitro benzene ring substituents is 1. The molecule has 0 aliphatic carbocycles. The van der Waals surface area contributed by atoms with Crippen molar-refractivity contribution < 1.29 is 28.3 Å². The van der Waals surface area contributed by atoms with Crippen LogP contribution >= 0.6 is 0 Å². The Morgan fingerprint density at radius 2 is 1.79 bits per heavy atom. The van der Waals surface area contributed by atoms with Gasteiger partial charge in [-0.05, 0) is 19.1 Å². The van der Waals surface area contributed by atoms with E-state index in [1.54, 1.807) is 0 Å². The number of hydrogen-bond donors (Lipinski definition) is 2. The molecule has 0 radical (unpaired) electrons. The molecule has 3 aromatic rings. The van der Waals surface area contributed by atoms with Gasteiger partial charge in [0, 0.05) is 36.1 Å². The first-order chi connectivity index (χ1) is 13.0. The summed E-state index contributed by atoms with van der Waals surface area (Å²) in [6, 6.07) is 2.80. The molecule has 146 valence electrons. The summed E-state index contributed by atoms with van der Waals surface area (Å²) in [5.74, 6) is -1.94. The van der Waals surface area contributed by atoms with E-state index in [4.69, 9.17) is 0 Å². The summed E-state index contributed by atoms with van der Waals surface area (Å²) in [5, 5.41) is 37.8. The van der Waals surface area contributed by atoms with Gasteiger partial charge in [-0.3, -0.25) is 15.1 Å². The summed E-state index contributed by atoms with van der Waals surface area (Å²) in [6.07, 6.45) is -3.65. The fourth-order valence-corrected chi connectivity index (χ4v) is 2.66. The van der Waals surface area contributed by atoms with Crippen LogP contribution in [-0.4, -0.2) is 34.9 Å². The van der Waals surface area contributed by atoms with E-state index in [1.807, 2.05) is 0 Å². The molecule has 0 amide bonds. The molecule has 28 heavy (non-hydrogen) atoms. The van der Waals surface area contributed by atoms with Crippen LogP contribution in [0.2, 0.25) is 0 Å². The van der Waals surface area contributed by atoms with Crippen LogP contribution in [-0.2, 0) is 13.2 Å². The largest absolute Gasteiger partial charge is 0.504 e. The van der Waals surface area contributed by atoms with Crippen molar-refractivity contribution in [1.29, 1.82) is 0 Å². The van der Waals surface area contributed by atoms with Crippen molar-refractivity contribution in [1.82, 2.24) is 19.7 Å². The molecule has 0 fully saturated rings. The van der Waals surface area contributed by atoms with Crippen LogP contribution in [0, 0.1) is 17.0 Å². The Hall–Kier alpha value is -3.70. The van der Waals surface area contributed by atoms with Crippen molar-refractivity contribution >= 4 is 5.69 Å². The molecule has 0 saturated heterocycles.